The number of hydrogen-bond donors (Lipinski definition) is 2. The third kappa shape index (κ3) is 4.59. The van der Waals surface area contributed by atoms with Crippen molar-refractivity contribution in [2.45, 2.75) is 0 Å². The molecule has 0 aliphatic heterocycles. The molecule has 26 heavy (non-hydrogen) atoms. The molecule has 2 N–H and O–H groups in total. The zero-order chi connectivity index (χ0) is 18.2. The van der Waals surface area contributed by atoms with Crippen LogP contribution >= 0.6 is 0 Å². The second-order valence-electron chi connectivity index (χ2n) is 5.63. The summed E-state index contributed by atoms with van der Waals surface area (Å²) >= 11 is 0. The van der Waals surface area contributed by atoms with Crippen molar-refractivity contribution in [3.05, 3.63) is 66.9 Å². The summed E-state index contributed by atoms with van der Waals surface area (Å²) in [5.41, 5.74) is 3.95. The lowest BCUT2D eigenvalue weighted by Gasteiger charge is -2.08. The van der Waals surface area contributed by atoms with Crippen molar-refractivity contribution in [2.24, 2.45) is 0 Å². The summed E-state index contributed by atoms with van der Waals surface area (Å²) in [7, 11) is 0. The first kappa shape index (κ1) is 17.9. The summed E-state index contributed by atoms with van der Waals surface area (Å²) in [6.07, 6.45) is 1.84. The Bertz CT molecular complexity index is 728. The minimum absolute atomic E-state index is 0.000686. The van der Waals surface area contributed by atoms with Gasteiger partial charge in [0.15, 0.2) is 0 Å². The second-order valence-corrected chi connectivity index (χ2v) is 5.63. The molecule has 3 rings (SSSR count). The SMILES string of the molecule is OCCOc1ccc(-c2ccc(-c3ccc(OCCO)cc3)nc2)cc1. The fourth-order valence-corrected chi connectivity index (χ4v) is 2.53. The van der Waals surface area contributed by atoms with Gasteiger partial charge in [-0.3, -0.25) is 4.98 Å². The zero-order valence-corrected chi connectivity index (χ0v) is 14.3. The van der Waals surface area contributed by atoms with Crippen molar-refractivity contribution in [1.29, 1.82) is 0 Å². The van der Waals surface area contributed by atoms with Crippen LogP contribution in [0.5, 0.6) is 11.5 Å². The molecule has 1 aromatic heterocycles. The maximum absolute atomic E-state index is 8.78. The molecule has 0 radical (unpaired) electrons. The molecule has 0 amide bonds. The first-order chi connectivity index (χ1) is 12.8. The maximum atomic E-state index is 8.78. The number of aliphatic hydroxyl groups excluding tert-OH is 2. The van der Waals surface area contributed by atoms with Crippen LogP contribution in [0.4, 0.5) is 0 Å². The Labute approximate surface area is 152 Å². The second kappa shape index (κ2) is 8.99. The molecule has 5 heteroatoms. The molecule has 0 aliphatic rings. The van der Waals surface area contributed by atoms with E-state index in [1.165, 1.54) is 0 Å². The van der Waals surface area contributed by atoms with E-state index in [1.54, 1.807) is 0 Å². The first-order valence-corrected chi connectivity index (χ1v) is 8.44. The summed E-state index contributed by atoms with van der Waals surface area (Å²) in [5, 5.41) is 17.6. The van der Waals surface area contributed by atoms with E-state index in [2.05, 4.69) is 4.98 Å². The average molecular weight is 351 g/mol. The third-order valence-corrected chi connectivity index (χ3v) is 3.82. The van der Waals surface area contributed by atoms with Crippen LogP contribution in [-0.2, 0) is 0 Å². The average Bonchev–Trinajstić information content (AvgIpc) is 2.72. The van der Waals surface area contributed by atoms with E-state index in [9.17, 15) is 0 Å². The number of pyridine rings is 1. The normalized spacial score (nSPS) is 10.5. The maximum Gasteiger partial charge on any atom is 0.119 e. The molecule has 0 spiro atoms. The molecule has 0 unspecified atom stereocenters. The topological polar surface area (TPSA) is 71.8 Å². The molecule has 2 aromatic carbocycles. The van der Waals surface area contributed by atoms with E-state index < -0.39 is 0 Å². The van der Waals surface area contributed by atoms with Crippen LogP contribution in [0.15, 0.2) is 66.9 Å². The van der Waals surface area contributed by atoms with Gasteiger partial charge in [0.2, 0.25) is 0 Å². The Hall–Kier alpha value is -2.89. The van der Waals surface area contributed by atoms with Crippen molar-refractivity contribution in [2.75, 3.05) is 26.4 Å². The standard InChI is InChI=1S/C21H21NO4/c23-11-13-25-19-6-1-16(2-7-19)18-5-10-21(22-15-18)17-3-8-20(9-4-17)26-14-12-24/h1-10,15,23-24H,11-14H2. The molecular weight excluding hydrogens is 330 g/mol. The van der Waals surface area contributed by atoms with Gasteiger partial charge in [-0.2, -0.15) is 0 Å². The smallest absolute Gasteiger partial charge is 0.119 e. The Morgan fingerprint density at radius 3 is 1.58 bits per heavy atom. The molecule has 0 aliphatic carbocycles. The van der Waals surface area contributed by atoms with Gasteiger partial charge in [-0.05, 0) is 48.0 Å². The van der Waals surface area contributed by atoms with E-state index in [1.807, 2.05) is 66.9 Å². The summed E-state index contributed by atoms with van der Waals surface area (Å²) in [6, 6.07) is 19.3. The number of rotatable bonds is 8. The van der Waals surface area contributed by atoms with Gasteiger partial charge in [0.05, 0.1) is 18.9 Å². The van der Waals surface area contributed by atoms with Crippen molar-refractivity contribution in [3.8, 4) is 33.9 Å². The van der Waals surface area contributed by atoms with E-state index in [0.29, 0.717) is 6.61 Å². The van der Waals surface area contributed by atoms with Gasteiger partial charge in [0, 0.05) is 17.3 Å². The summed E-state index contributed by atoms with van der Waals surface area (Å²) in [6.45, 7) is 0.580. The molecule has 0 atom stereocenters. The molecule has 3 aromatic rings. The van der Waals surface area contributed by atoms with Crippen molar-refractivity contribution >= 4 is 0 Å². The Morgan fingerprint density at radius 1 is 0.615 bits per heavy atom. The van der Waals surface area contributed by atoms with Gasteiger partial charge in [-0.25, -0.2) is 0 Å². The van der Waals surface area contributed by atoms with Crippen LogP contribution in [0.2, 0.25) is 0 Å². The van der Waals surface area contributed by atoms with Crippen molar-refractivity contribution in [3.63, 3.8) is 0 Å². The number of hydrogen-bond acceptors (Lipinski definition) is 5. The van der Waals surface area contributed by atoms with Crippen LogP contribution in [0.25, 0.3) is 22.4 Å². The van der Waals surface area contributed by atoms with Gasteiger partial charge in [0.25, 0.3) is 0 Å². The van der Waals surface area contributed by atoms with Gasteiger partial charge in [-0.15, -0.1) is 0 Å². The lowest BCUT2D eigenvalue weighted by molar-refractivity contribution is 0.201. The highest BCUT2D eigenvalue weighted by molar-refractivity contribution is 5.67. The zero-order valence-electron chi connectivity index (χ0n) is 14.3. The summed E-state index contributed by atoms with van der Waals surface area (Å²) < 4.78 is 10.7. The van der Waals surface area contributed by atoms with E-state index in [0.717, 1.165) is 33.9 Å². The monoisotopic (exact) mass is 351 g/mol. The number of nitrogens with zero attached hydrogens (tertiary/aromatic N) is 1. The molecule has 0 saturated heterocycles. The molecule has 0 bridgehead atoms. The minimum Gasteiger partial charge on any atom is -0.491 e. The van der Waals surface area contributed by atoms with E-state index in [-0.39, 0.29) is 19.8 Å². The highest BCUT2D eigenvalue weighted by Crippen LogP contribution is 2.25. The van der Waals surface area contributed by atoms with Crippen LogP contribution in [0.3, 0.4) is 0 Å². The van der Waals surface area contributed by atoms with Crippen LogP contribution in [0, 0.1) is 0 Å². The summed E-state index contributed by atoms with van der Waals surface area (Å²) in [4.78, 5) is 4.54. The molecule has 134 valence electrons. The lowest BCUT2D eigenvalue weighted by Crippen LogP contribution is -2.01. The van der Waals surface area contributed by atoms with Crippen LogP contribution in [-0.4, -0.2) is 41.6 Å². The third-order valence-electron chi connectivity index (χ3n) is 3.82. The Balaban J connectivity index is 1.69. The summed E-state index contributed by atoms with van der Waals surface area (Å²) in [5.74, 6) is 1.46. The molecule has 0 saturated carbocycles. The molecular formula is C21H21NO4. The number of aromatic nitrogens is 1. The van der Waals surface area contributed by atoms with Crippen molar-refractivity contribution < 1.29 is 19.7 Å². The fourth-order valence-electron chi connectivity index (χ4n) is 2.53. The number of ether oxygens (including phenoxy) is 2. The predicted octanol–water partition coefficient (Wildman–Crippen LogP) is 3.16. The van der Waals surface area contributed by atoms with E-state index in [4.69, 9.17) is 19.7 Å². The van der Waals surface area contributed by atoms with Gasteiger partial charge < -0.3 is 19.7 Å². The lowest BCUT2D eigenvalue weighted by atomic mass is 10.1. The fraction of sp³-hybridized carbons (Fsp3) is 0.190. The molecule has 0 fully saturated rings. The Morgan fingerprint density at radius 2 is 1.12 bits per heavy atom. The molecule has 1 heterocycles. The predicted molar refractivity (Wildman–Crippen MR) is 100 cm³/mol. The Kier molecular flexibility index (Phi) is 6.19. The highest BCUT2D eigenvalue weighted by atomic mass is 16.5. The number of aliphatic hydroxyl groups is 2. The minimum atomic E-state index is -0.000686. The van der Waals surface area contributed by atoms with Crippen LogP contribution < -0.4 is 9.47 Å². The first-order valence-electron chi connectivity index (χ1n) is 8.44. The van der Waals surface area contributed by atoms with Crippen molar-refractivity contribution in [1.82, 2.24) is 4.98 Å². The van der Waals surface area contributed by atoms with E-state index >= 15 is 0 Å². The van der Waals surface area contributed by atoms with Gasteiger partial charge >= 0.3 is 0 Å². The van der Waals surface area contributed by atoms with Gasteiger partial charge in [-0.1, -0.05) is 18.2 Å². The van der Waals surface area contributed by atoms with Crippen LogP contribution in [0.1, 0.15) is 0 Å². The quantitative estimate of drug-likeness (QED) is 0.652. The number of benzene rings is 2. The van der Waals surface area contributed by atoms with Gasteiger partial charge in [0.1, 0.15) is 24.7 Å². The molecule has 5 nitrogen and oxygen atoms in total. The highest BCUT2D eigenvalue weighted by Gasteiger charge is 2.03. The largest absolute Gasteiger partial charge is 0.491 e.